The molecule has 0 aliphatic carbocycles. The fourth-order valence-corrected chi connectivity index (χ4v) is 2.97. The van der Waals surface area contributed by atoms with Crippen LogP contribution in [0.15, 0.2) is 41.5 Å². The smallest absolute Gasteiger partial charge is 0.158 e. The summed E-state index contributed by atoms with van der Waals surface area (Å²) in [5.41, 5.74) is 1.73. The Morgan fingerprint density at radius 1 is 1.25 bits per heavy atom. The van der Waals surface area contributed by atoms with Gasteiger partial charge < -0.3 is 4.74 Å². The highest BCUT2D eigenvalue weighted by molar-refractivity contribution is 8.00. The van der Waals surface area contributed by atoms with Crippen molar-refractivity contribution < 1.29 is 4.74 Å². The molecule has 2 aliphatic heterocycles. The summed E-state index contributed by atoms with van der Waals surface area (Å²) in [4.78, 5) is 1.37. The first-order valence-corrected chi connectivity index (χ1v) is 4.91. The third kappa shape index (κ3) is 0.758. The van der Waals surface area contributed by atoms with Gasteiger partial charge in [0.2, 0.25) is 0 Å². The van der Waals surface area contributed by atoms with E-state index in [1.54, 1.807) is 0 Å². The molecule has 2 heteroatoms. The predicted molar refractivity (Wildman–Crippen MR) is 49.1 cm³/mol. The lowest BCUT2D eigenvalue weighted by atomic mass is 10.0. The van der Waals surface area contributed by atoms with E-state index in [9.17, 15) is 0 Å². The van der Waals surface area contributed by atoms with E-state index in [-0.39, 0.29) is 0 Å². The first-order valence-electron chi connectivity index (χ1n) is 4.03. The van der Waals surface area contributed by atoms with Crippen LogP contribution in [0.5, 0.6) is 0 Å². The van der Waals surface area contributed by atoms with Gasteiger partial charge in [0.05, 0.1) is 12.2 Å². The largest absolute Gasteiger partial charge is 0.486 e. The summed E-state index contributed by atoms with van der Waals surface area (Å²) in [5, 5.41) is 0. The predicted octanol–water partition coefficient (Wildman–Crippen LogP) is 2.75. The Morgan fingerprint density at radius 2 is 2.17 bits per heavy atom. The monoisotopic (exact) mass is 176 g/mol. The number of fused-ring (bicyclic) bond motifs is 3. The SMILES string of the molecule is C1=CC2c3ccccc3SC2O1. The molecule has 0 bridgehead atoms. The summed E-state index contributed by atoms with van der Waals surface area (Å²) in [5.74, 6) is 0.492. The first kappa shape index (κ1) is 6.61. The van der Waals surface area contributed by atoms with Gasteiger partial charge in [0.15, 0.2) is 5.44 Å². The minimum Gasteiger partial charge on any atom is -0.486 e. The molecule has 0 saturated carbocycles. The van der Waals surface area contributed by atoms with Gasteiger partial charge in [-0.25, -0.2) is 0 Å². The Morgan fingerprint density at radius 3 is 3.17 bits per heavy atom. The van der Waals surface area contributed by atoms with Crippen LogP contribution in [0.2, 0.25) is 0 Å². The van der Waals surface area contributed by atoms with E-state index >= 15 is 0 Å². The fraction of sp³-hybridized carbons (Fsp3) is 0.200. The minimum absolute atomic E-state index is 0.308. The maximum absolute atomic E-state index is 5.44. The van der Waals surface area contributed by atoms with E-state index in [4.69, 9.17) is 4.74 Å². The Hall–Kier alpha value is -0.890. The molecule has 0 N–H and O–H groups in total. The van der Waals surface area contributed by atoms with E-state index in [1.165, 1.54) is 10.5 Å². The van der Waals surface area contributed by atoms with Gasteiger partial charge in [0.1, 0.15) is 0 Å². The summed E-state index contributed by atoms with van der Waals surface area (Å²) in [7, 11) is 0. The van der Waals surface area contributed by atoms with Crippen LogP contribution in [-0.2, 0) is 4.74 Å². The van der Waals surface area contributed by atoms with Crippen LogP contribution >= 0.6 is 11.8 Å². The van der Waals surface area contributed by atoms with Crippen molar-refractivity contribution in [2.24, 2.45) is 0 Å². The van der Waals surface area contributed by atoms with Gasteiger partial charge in [-0.1, -0.05) is 30.0 Å². The first-order chi connectivity index (χ1) is 5.95. The molecule has 60 valence electrons. The van der Waals surface area contributed by atoms with Gasteiger partial charge in [-0.2, -0.15) is 0 Å². The second kappa shape index (κ2) is 2.30. The van der Waals surface area contributed by atoms with Crippen molar-refractivity contribution in [3.8, 4) is 0 Å². The molecule has 0 radical (unpaired) electrons. The highest BCUT2D eigenvalue weighted by Gasteiger charge is 2.35. The molecule has 0 spiro atoms. The van der Waals surface area contributed by atoms with Crippen molar-refractivity contribution >= 4 is 11.8 Å². The second-order valence-corrected chi connectivity index (χ2v) is 4.15. The van der Waals surface area contributed by atoms with Gasteiger partial charge in [-0.15, -0.1) is 0 Å². The zero-order valence-corrected chi connectivity index (χ0v) is 7.25. The van der Waals surface area contributed by atoms with Crippen molar-refractivity contribution in [2.75, 3.05) is 0 Å². The molecule has 12 heavy (non-hydrogen) atoms. The average molecular weight is 176 g/mol. The molecule has 1 nitrogen and oxygen atoms in total. The molecular weight excluding hydrogens is 168 g/mol. The highest BCUT2D eigenvalue weighted by atomic mass is 32.2. The summed E-state index contributed by atoms with van der Waals surface area (Å²) < 4.78 is 5.44. The van der Waals surface area contributed by atoms with Crippen molar-refractivity contribution in [2.45, 2.75) is 16.2 Å². The number of thioether (sulfide) groups is 1. The third-order valence-corrected chi connectivity index (χ3v) is 3.58. The topological polar surface area (TPSA) is 9.23 Å². The molecule has 2 atom stereocenters. The van der Waals surface area contributed by atoms with Gasteiger partial charge in [0, 0.05) is 4.90 Å². The zero-order valence-electron chi connectivity index (χ0n) is 6.44. The third-order valence-electron chi connectivity index (χ3n) is 2.31. The lowest BCUT2D eigenvalue weighted by Gasteiger charge is -2.06. The molecule has 0 fully saturated rings. The lowest BCUT2D eigenvalue weighted by molar-refractivity contribution is 0.241. The van der Waals surface area contributed by atoms with Crippen molar-refractivity contribution in [1.82, 2.24) is 0 Å². The van der Waals surface area contributed by atoms with E-state index in [0.717, 1.165) is 0 Å². The summed E-state index contributed by atoms with van der Waals surface area (Å²) in [6.45, 7) is 0. The number of rotatable bonds is 0. The molecule has 1 aromatic rings. The normalized spacial score (nSPS) is 29.7. The van der Waals surface area contributed by atoms with Crippen LogP contribution in [0.25, 0.3) is 0 Å². The van der Waals surface area contributed by atoms with Crippen molar-refractivity contribution in [3.05, 3.63) is 42.2 Å². The minimum atomic E-state index is 0.308. The number of benzene rings is 1. The molecule has 0 aromatic heterocycles. The Balaban J connectivity index is 2.14. The Bertz CT molecular complexity index is 345. The van der Waals surface area contributed by atoms with Crippen LogP contribution in [-0.4, -0.2) is 5.44 Å². The molecule has 2 unspecified atom stereocenters. The highest BCUT2D eigenvalue weighted by Crippen LogP contribution is 2.48. The quantitative estimate of drug-likeness (QED) is 0.601. The van der Waals surface area contributed by atoms with Crippen LogP contribution in [0.3, 0.4) is 0 Å². The van der Waals surface area contributed by atoms with Crippen molar-refractivity contribution in [3.63, 3.8) is 0 Å². The summed E-state index contributed by atoms with van der Waals surface area (Å²) >= 11 is 1.82. The van der Waals surface area contributed by atoms with E-state index in [0.29, 0.717) is 11.4 Å². The van der Waals surface area contributed by atoms with E-state index in [2.05, 4.69) is 30.3 Å². The number of ether oxygens (including phenoxy) is 1. The second-order valence-electron chi connectivity index (χ2n) is 3.01. The van der Waals surface area contributed by atoms with E-state index < -0.39 is 0 Å². The Labute approximate surface area is 75.4 Å². The molecule has 0 amide bonds. The molecule has 0 saturated heterocycles. The molecule has 1 aromatic carbocycles. The molecular formula is C10H8OS. The maximum Gasteiger partial charge on any atom is 0.158 e. The van der Waals surface area contributed by atoms with E-state index in [1.807, 2.05) is 18.0 Å². The number of hydrogen-bond acceptors (Lipinski definition) is 2. The van der Waals surface area contributed by atoms with Gasteiger partial charge in [-0.3, -0.25) is 0 Å². The zero-order chi connectivity index (χ0) is 7.97. The fourth-order valence-electron chi connectivity index (χ4n) is 1.72. The number of hydrogen-bond donors (Lipinski definition) is 0. The van der Waals surface area contributed by atoms with Gasteiger partial charge in [0.25, 0.3) is 0 Å². The van der Waals surface area contributed by atoms with Crippen molar-refractivity contribution in [1.29, 1.82) is 0 Å². The summed E-state index contributed by atoms with van der Waals surface area (Å²) in [6, 6.07) is 8.52. The molecule has 2 aliphatic rings. The van der Waals surface area contributed by atoms with Gasteiger partial charge in [-0.05, 0) is 17.7 Å². The van der Waals surface area contributed by atoms with Crippen LogP contribution in [0, 0.1) is 0 Å². The van der Waals surface area contributed by atoms with Gasteiger partial charge >= 0.3 is 0 Å². The lowest BCUT2D eigenvalue weighted by Crippen LogP contribution is -2.02. The standard InChI is InChI=1S/C10H8OS/c1-2-4-9-7(3-1)8-5-6-11-10(8)12-9/h1-6,8,10H. The van der Waals surface area contributed by atoms with Crippen LogP contribution < -0.4 is 0 Å². The van der Waals surface area contributed by atoms with Crippen LogP contribution in [0.4, 0.5) is 0 Å². The Kier molecular flexibility index (Phi) is 1.27. The molecule has 3 rings (SSSR count). The summed E-state index contributed by atoms with van der Waals surface area (Å²) in [6.07, 6.45) is 3.96. The molecule has 2 heterocycles. The maximum atomic E-state index is 5.44. The van der Waals surface area contributed by atoms with Crippen LogP contribution in [0.1, 0.15) is 11.5 Å². The average Bonchev–Trinajstić information content (AvgIpc) is 2.62.